The number of hydrogen-bond acceptors (Lipinski definition) is 4. The summed E-state index contributed by atoms with van der Waals surface area (Å²) in [6.07, 6.45) is 1.96. The molecule has 0 heterocycles. The van der Waals surface area contributed by atoms with E-state index in [-0.39, 0.29) is 11.8 Å². The molecule has 29 heavy (non-hydrogen) atoms. The van der Waals surface area contributed by atoms with Crippen molar-refractivity contribution >= 4 is 37.1 Å². The second-order valence-corrected chi connectivity index (χ2v) is 24.3. The van der Waals surface area contributed by atoms with Crippen molar-refractivity contribution in [1.82, 2.24) is 5.32 Å². The number of carbonyl (C=O) groups excluding carboxylic acids is 1. The Morgan fingerprint density at radius 3 is 1.86 bits per heavy atom. The van der Waals surface area contributed by atoms with Crippen molar-refractivity contribution in [3.63, 3.8) is 0 Å². The topological polar surface area (TPSA) is 84.9 Å². The molecule has 1 aliphatic carbocycles. The Hall–Kier alpha value is -0.489. The number of carboxylic acids is 1. The van der Waals surface area contributed by atoms with Gasteiger partial charge in [-0.05, 0) is 83.5 Å². The van der Waals surface area contributed by atoms with Crippen LogP contribution in [0.1, 0.15) is 40.0 Å². The Bertz CT molecular complexity index is 596. The van der Waals surface area contributed by atoms with Crippen molar-refractivity contribution in [2.24, 2.45) is 16.7 Å². The molecule has 0 aromatic rings. The SMILES string of the molecule is CC1(C(=O)O)CCC(C(=O)NCCC[Si](C)(O[Si](C)(C)C)O[Si](C)(C)C)C1(C)C. The molecule has 2 atom stereocenters. The summed E-state index contributed by atoms with van der Waals surface area (Å²) in [5, 5.41) is 12.7. The van der Waals surface area contributed by atoms with Gasteiger partial charge in [-0.15, -0.1) is 0 Å². The zero-order chi connectivity index (χ0) is 22.9. The van der Waals surface area contributed by atoms with Crippen LogP contribution in [0.15, 0.2) is 0 Å². The Morgan fingerprint density at radius 1 is 1.00 bits per heavy atom. The lowest BCUT2D eigenvalue weighted by molar-refractivity contribution is -0.155. The minimum atomic E-state index is -2.30. The molecular weight excluding hydrogens is 418 g/mol. The van der Waals surface area contributed by atoms with Gasteiger partial charge < -0.3 is 18.7 Å². The molecule has 0 aromatic heterocycles. The third kappa shape index (κ3) is 7.02. The fourth-order valence-electron chi connectivity index (χ4n) is 4.50. The molecule has 0 aromatic carbocycles. The molecule has 1 fully saturated rings. The Balaban J connectivity index is 2.67. The minimum Gasteiger partial charge on any atom is -0.481 e. The summed E-state index contributed by atoms with van der Waals surface area (Å²) in [4.78, 5) is 24.6. The molecule has 170 valence electrons. The second kappa shape index (κ2) is 8.94. The van der Waals surface area contributed by atoms with Gasteiger partial charge in [0.05, 0.1) is 5.41 Å². The van der Waals surface area contributed by atoms with Gasteiger partial charge in [-0.3, -0.25) is 9.59 Å². The lowest BCUT2D eigenvalue weighted by Crippen LogP contribution is -2.52. The van der Waals surface area contributed by atoms with Gasteiger partial charge in [0, 0.05) is 12.5 Å². The lowest BCUT2D eigenvalue weighted by Gasteiger charge is -2.39. The van der Waals surface area contributed by atoms with Gasteiger partial charge >= 0.3 is 14.5 Å². The number of carboxylic acid groups (broad SMARTS) is 1. The van der Waals surface area contributed by atoms with E-state index in [1.165, 1.54) is 0 Å². The monoisotopic (exact) mass is 461 g/mol. The number of carbonyl (C=O) groups is 2. The number of amides is 1. The summed E-state index contributed by atoms with van der Waals surface area (Å²) in [6, 6.07) is 0.850. The Labute approximate surface area is 180 Å². The Kier molecular flexibility index (Phi) is 8.18. The molecular formula is C20H43NO5Si3. The minimum absolute atomic E-state index is 0.0272. The van der Waals surface area contributed by atoms with E-state index in [2.05, 4.69) is 51.1 Å². The quantitative estimate of drug-likeness (QED) is 0.361. The zero-order valence-electron chi connectivity index (χ0n) is 20.2. The maximum absolute atomic E-state index is 12.8. The normalized spacial score (nSPS) is 25.1. The van der Waals surface area contributed by atoms with Crippen LogP contribution in [0, 0.1) is 16.7 Å². The number of rotatable bonds is 10. The molecule has 0 radical (unpaired) electrons. The van der Waals surface area contributed by atoms with E-state index in [9.17, 15) is 14.7 Å². The van der Waals surface area contributed by atoms with E-state index in [4.69, 9.17) is 8.23 Å². The van der Waals surface area contributed by atoms with Crippen LogP contribution >= 0.6 is 0 Å². The highest BCUT2D eigenvalue weighted by molar-refractivity contribution is 6.87. The van der Waals surface area contributed by atoms with Crippen molar-refractivity contribution in [2.75, 3.05) is 6.54 Å². The van der Waals surface area contributed by atoms with Crippen LogP contribution in [0.5, 0.6) is 0 Å². The first-order chi connectivity index (χ1) is 12.8. The molecule has 1 amide bonds. The molecule has 0 saturated heterocycles. The first-order valence-electron chi connectivity index (χ1n) is 10.7. The van der Waals surface area contributed by atoms with Crippen LogP contribution in [0.3, 0.4) is 0 Å². The van der Waals surface area contributed by atoms with E-state index < -0.39 is 42.0 Å². The van der Waals surface area contributed by atoms with E-state index in [1.807, 2.05) is 13.8 Å². The third-order valence-corrected chi connectivity index (χ3v) is 15.8. The molecule has 2 unspecified atom stereocenters. The highest BCUT2D eigenvalue weighted by Crippen LogP contribution is 2.56. The lowest BCUT2D eigenvalue weighted by atomic mass is 9.65. The Morgan fingerprint density at radius 2 is 1.48 bits per heavy atom. The van der Waals surface area contributed by atoms with Crippen molar-refractivity contribution < 1.29 is 22.9 Å². The van der Waals surface area contributed by atoms with Gasteiger partial charge in [-0.1, -0.05) is 13.8 Å². The number of hydrogen-bond donors (Lipinski definition) is 2. The molecule has 0 aliphatic heterocycles. The highest BCUT2D eigenvalue weighted by Gasteiger charge is 2.58. The summed E-state index contributed by atoms with van der Waals surface area (Å²) < 4.78 is 13.0. The molecule has 6 nitrogen and oxygen atoms in total. The van der Waals surface area contributed by atoms with Gasteiger partial charge in [0.2, 0.25) is 5.91 Å². The van der Waals surface area contributed by atoms with Crippen molar-refractivity contribution in [2.45, 2.75) is 91.9 Å². The third-order valence-electron chi connectivity index (χ3n) is 6.17. The van der Waals surface area contributed by atoms with Crippen LogP contribution in [0.25, 0.3) is 0 Å². The summed E-state index contributed by atoms with van der Waals surface area (Å²) in [6.45, 7) is 21.4. The number of nitrogens with one attached hydrogen (secondary N) is 1. The van der Waals surface area contributed by atoms with Crippen LogP contribution in [0.4, 0.5) is 0 Å². The van der Waals surface area contributed by atoms with Gasteiger partial charge in [0.15, 0.2) is 16.6 Å². The maximum Gasteiger partial charge on any atom is 0.314 e. The summed E-state index contributed by atoms with van der Waals surface area (Å²) in [5.74, 6) is -1.11. The molecule has 0 bridgehead atoms. The van der Waals surface area contributed by atoms with E-state index in [0.717, 1.165) is 12.5 Å². The fraction of sp³-hybridized carbons (Fsp3) is 0.900. The molecule has 1 aliphatic rings. The molecule has 1 saturated carbocycles. The first kappa shape index (κ1) is 26.5. The molecule has 1 rings (SSSR count). The first-order valence-corrected chi connectivity index (χ1v) is 20.1. The average Bonchev–Trinajstić information content (AvgIpc) is 2.71. The van der Waals surface area contributed by atoms with Gasteiger partial charge in [0.1, 0.15) is 0 Å². The largest absolute Gasteiger partial charge is 0.481 e. The van der Waals surface area contributed by atoms with Gasteiger partial charge in [0.25, 0.3) is 0 Å². The standard InChI is InChI=1S/C20H43NO5Si3/c1-19(2)16(12-13-20(19,3)18(23)24)17(22)21-14-11-15-29(10,25-27(4,5)6)26-28(7,8)9/h16H,11-15H2,1-10H3,(H,21,22)(H,23,24). The van der Waals surface area contributed by atoms with Gasteiger partial charge in [-0.2, -0.15) is 0 Å². The molecule has 0 spiro atoms. The fourth-order valence-corrected chi connectivity index (χ4v) is 17.0. The van der Waals surface area contributed by atoms with E-state index in [0.29, 0.717) is 19.4 Å². The predicted molar refractivity (Wildman–Crippen MR) is 125 cm³/mol. The zero-order valence-corrected chi connectivity index (χ0v) is 23.2. The average molecular weight is 462 g/mol. The summed E-state index contributed by atoms with van der Waals surface area (Å²) in [5.41, 5.74) is -1.44. The highest BCUT2D eigenvalue weighted by atomic mass is 28.5. The van der Waals surface area contributed by atoms with Crippen LogP contribution in [-0.4, -0.2) is 48.7 Å². The summed E-state index contributed by atoms with van der Waals surface area (Å²) >= 11 is 0. The van der Waals surface area contributed by atoms with Crippen molar-refractivity contribution in [3.8, 4) is 0 Å². The van der Waals surface area contributed by atoms with Gasteiger partial charge in [-0.25, -0.2) is 0 Å². The van der Waals surface area contributed by atoms with Crippen LogP contribution in [0.2, 0.25) is 51.9 Å². The molecule has 9 heteroatoms. The van der Waals surface area contributed by atoms with Crippen molar-refractivity contribution in [1.29, 1.82) is 0 Å². The molecule has 2 N–H and O–H groups in total. The van der Waals surface area contributed by atoms with E-state index in [1.54, 1.807) is 6.92 Å². The maximum atomic E-state index is 12.8. The number of aliphatic carboxylic acids is 1. The van der Waals surface area contributed by atoms with Crippen LogP contribution in [-0.2, 0) is 17.8 Å². The van der Waals surface area contributed by atoms with Crippen molar-refractivity contribution in [3.05, 3.63) is 0 Å². The second-order valence-electron chi connectivity index (χ2n) is 11.4. The summed E-state index contributed by atoms with van der Waals surface area (Å²) in [7, 11) is -5.75. The van der Waals surface area contributed by atoms with E-state index >= 15 is 0 Å². The van der Waals surface area contributed by atoms with Crippen LogP contribution < -0.4 is 5.32 Å². The predicted octanol–water partition coefficient (Wildman–Crippen LogP) is 4.79. The smallest absolute Gasteiger partial charge is 0.314 e.